The van der Waals surface area contributed by atoms with Gasteiger partial charge in [0.15, 0.2) is 5.78 Å². The topological polar surface area (TPSA) is 83.8 Å². The highest BCUT2D eigenvalue weighted by Gasteiger charge is 2.64. The first kappa shape index (κ1) is 11.0. The number of esters is 1. The fraction of sp³-hybridized carbons (Fsp3) is 0.455. The second kappa shape index (κ2) is 3.26. The van der Waals surface area contributed by atoms with Crippen molar-refractivity contribution in [2.24, 2.45) is 11.3 Å². The summed E-state index contributed by atoms with van der Waals surface area (Å²) >= 11 is 0. The molecule has 0 aromatic rings. The molecular weight excluding hydrogens is 212 g/mol. The summed E-state index contributed by atoms with van der Waals surface area (Å²) in [6.07, 6.45) is -0.257. The highest BCUT2D eigenvalue weighted by Crippen LogP contribution is 2.47. The molecule has 1 aliphatic carbocycles. The quantitative estimate of drug-likeness (QED) is 0.544. The van der Waals surface area contributed by atoms with E-state index < -0.39 is 35.3 Å². The van der Waals surface area contributed by atoms with E-state index in [2.05, 4.69) is 6.58 Å². The van der Waals surface area contributed by atoms with Crippen LogP contribution in [0.1, 0.15) is 6.92 Å². The fourth-order valence-corrected chi connectivity index (χ4v) is 2.31. The molecule has 1 saturated heterocycles. The van der Waals surface area contributed by atoms with Crippen LogP contribution in [0.4, 0.5) is 0 Å². The second-order valence-electron chi connectivity index (χ2n) is 4.14. The first-order chi connectivity index (χ1) is 7.42. The van der Waals surface area contributed by atoms with Crippen molar-refractivity contribution in [3.63, 3.8) is 0 Å². The molecule has 1 heterocycles. The Hall–Kier alpha value is -1.46. The minimum Gasteiger partial charge on any atom is -0.428 e. The van der Waals surface area contributed by atoms with Crippen molar-refractivity contribution in [1.29, 1.82) is 0 Å². The summed E-state index contributed by atoms with van der Waals surface area (Å²) in [5.74, 6) is -2.03. The Labute approximate surface area is 92.0 Å². The van der Waals surface area contributed by atoms with E-state index in [-0.39, 0.29) is 5.76 Å². The highest BCUT2D eigenvalue weighted by atomic mass is 16.6. The third kappa shape index (κ3) is 1.07. The molecule has 4 atom stereocenters. The SMILES string of the molecule is C=C1OC(=O)[C@]2([C@H](O)C(=O)C=C[C@@H]2C)[C@H]1O. The Bertz CT molecular complexity index is 411. The lowest BCUT2D eigenvalue weighted by Gasteiger charge is -2.37. The Balaban J connectivity index is 2.58. The van der Waals surface area contributed by atoms with Gasteiger partial charge in [-0.25, -0.2) is 0 Å². The molecule has 86 valence electrons. The third-order valence-corrected chi connectivity index (χ3v) is 3.36. The molecule has 0 aromatic carbocycles. The van der Waals surface area contributed by atoms with Gasteiger partial charge in [-0.3, -0.25) is 9.59 Å². The molecule has 1 fully saturated rings. The van der Waals surface area contributed by atoms with Crippen LogP contribution >= 0.6 is 0 Å². The van der Waals surface area contributed by atoms with Crippen LogP contribution in [0.25, 0.3) is 0 Å². The summed E-state index contributed by atoms with van der Waals surface area (Å²) in [6, 6.07) is 0. The van der Waals surface area contributed by atoms with Crippen LogP contribution < -0.4 is 0 Å². The maximum atomic E-state index is 11.7. The Kier molecular flexibility index (Phi) is 2.25. The van der Waals surface area contributed by atoms with E-state index in [4.69, 9.17) is 4.74 Å². The lowest BCUT2D eigenvalue weighted by Crippen LogP contribution is -2.55. The number of cyclic esters (lactones) is 1. The third-order valence-electron chi connectivity index (χ3n) is 3.36. The van der Waals surface area contributed by atoms with Crippen LogP contribution in [0.3, 0.4) is 0 Å². The summed E-state index contributed by atoms with van der Waals surface area (Å²) in [5.41, 5.74) is -1.64. The van der Waals surface area contributed by atoms with Crippen molar-refractivity contribution in [2.45, 2.75) is 19.1 Å². The molecule has 0 radical (unpaired) electrons. The molecule has 2 N–H and O–H groups in total. The van der Waals surface area contributed by atoms with Crippen molar-refractivity contribution in [1.82, 2.24) is 0 Å². The zero-order valence-electron chi connectivity index (χ0n) is 8.71. The molecule has 1 aliphatic heterocycles. The number of hydrogen-bond acceptors (Lipinski definition) is 5. The van der Waals surface area contributed by atoms with Gasteiger partial charge in [-0.1, -0.05) is 19.6 Å². The van der Waals surface area contributed by atoms with E-state index in [9.17, 15) is 19.8 Å². The number of rotatable bonds is 0. The number of ether oxygens (including phenoxy) is 1. The monoisotopic (exact) mass is 224 g/mol. The smallest absolute Gasteiger partial charge is 0.324 e. The lowest BCUT2D eigenvalue weighted by atomic mass is 9.65. The van der Waals surface area contributed by atoms with E-state index in [1.165, 1.54) is 12.2 Å². The minimum absolute atomic E-state index is 0.126. The molecule has 0 aromatic heterocycles. The number of carbonyl (C=O) groups excluding carboxylic acids is 2. The van der Waals surface area contributed by atoms with E-state index in [1.807, 2.05) is 0 Å². The largest absolute Gasteiger partial charge is 0.428 e. The number of ketones is 1. The number of aliphatic hydroxyl groups is 2. The lowest BCUT2D eigenvalue weighted by molar-refractivity contribution is -0.163. The van der Waals surface area contributed by atoms with Crippen molar-refractivity contribution < 1.29 is 24.5 Å². The van der Waals surface area contributed by atoms with Gasteiger partial charge in [-0.05, 0) is 12.0 Å². The Morgan fingerprint density at radius 2 is 2.00 bits per heavy atom. The maximum Gasteiger partial charge on any atom is 0.324 e. The number of carbonyl (C=O) groups is 2. The number of hydrogen-bond donors (Lipinski definition) is 2. The summed E-state index contributed by atoms with van der Waals surface area (Å²) in [4.78, 5) is 23.2. The zero-order valence-corrected chi connectivity index (χ0v) is 8.71. The van der Waals surface area contributed by atoms with Crippen LogP contribution in [-0.4, -0.2) is 34.2 Å². The van der Waals surface area contributed by atoms with Crippen LogP contribution in [0, 0.1) is 11.3 Å². The molecular formula is C11H12O5. The molecule has 0 unspecified atom stereocenters. The average Bonchev–Trinajstić information content (AvgIpc) is 2.45. The van der Waals surface area contributed by atoms with Crippen LogP contribution in [0.15, 0.2) is 24.5 Å². The van der Waals surface area contributed by atoms with Crippen molar-refractivity contribution in [2.75, 3.05) is 0 Å². The van der Waals surface area contributed by atoms with Gasteiger partial charge in [0.2, 0.25) is 0 Å². The van der Waals surface area contributed by atoms with E-state index >= 15 is 0 Å². The standard InChI is InChI=1S/C11H12O5/c1-5-3-4-7(12)9(14)11(5)8(13)6(2)16-10(11)15/h3-5,8-9,13-14H,2H2,1H3/t5-,8-,9+,11-/m0/s1. The first-order valence-corrected chi connectivity index (χ1v) is 4.91. The first-order valence-electron chi connectivity index (χ1n) is 4.91. The molecule has 2 aliphatic rings. The van der Waals surface area contributed by atoms with E-state index in [0.29, 0.717) is 0 Å². The molecule has 16 heavy (non-hydrogen) atoms. The Morgan fingerprint density at radius 1 is 1.38 bits per heavy atom. The van der Waals surface area contributed by atoms with Crippen LogP contribution in [0.5, 0.6) is 0 Å². The minimum atomic E-state index is -1.64. The van der Waals surface area contributed by atoms with Gasteiger partial charge in [-0.15, -0.1) is 0 Å². The predicted octanol–water partition coefficient (Wildman–Crippen LogP) is -0.460. The van der Waals surface area contributed by atoms with Gasteiger partial charge in [0.25, 0.3) is 0 Å². The summed E-state index contributed by atoms with van der Waals surface area (Å²) in [5, 5.41) is 19.8. The highest BCUT2D eigenvalue weighted by molar-refractivity contribution is 6.01. The molecule has 1 spiro atoms. The van der Waals surface area contributed by atoms with Crippen LogP contribution in [-0.2, 0) is 14.3 Å². The fourth-order valence-electron chi connectivity index (χ4n) is 2.31. The van der Waals surface area contributed by atoms with Crippen LogP contribution in [0.2, 0.25) is 0 Å². The van der Waals surface area contributed by atoms with Gasteiger partial charge in [-0.2, -0.15) is 0 Å². The number of allylic oxidation sites excluding steroid dienone is 1. The normalized spacial score (nSPS) is 42.9. The summed E-state index contributed by atoms with van der Waals surface area (Å²) < 4.78 is 4.73. The molecule has 5 nitrogen and oxygen atoms in total. The molecule has 5 heteroatoms. The summed E-state index contributed by atoms with van der Waals surface area (Å²) in [7, 11) is 0. The van der Waals surface area contributed by atoms with Gasteiger partial charge < -0.3 is 14.9 Å². The van der Waals surface area contributed by atoms with E-state index in [1.54, 1.807) is 6.92 Å². The van der Waals surface area contributed by atoms with Gasteiger partial charge in [0.05, 0.1) is 0 Å². The second-order valence-corrected chi connectivity index (χ2v) is 4.14. The molecule has 2 rings (SSSR count). The van der Waals surface area contributed by atoms with Crippen molar-refractivity contribution in [3.05, 3.63) is 24.5 Å². The molecule has 0 saturated carbocycles. The summed E-state index contributed by atoms with van der Waals surface area (Å²) in [6.45, 7) is 5.02. The number of aliphatic hydroxyl groups excluding tert-OH is 2. The van der Waals surface area contributed by atoms with E-state index in [0.717, 1.165) is 0 Å². The van der Waals surface area contributed by atoms with Gasteiger partial charge in [0, 0.05) is 0 Å². The molecule has 0 amide bonds. The van der Waals surface area contributed by atoms with Crippen molar-refractivity contribution >= 4 is 11.8 Å². The zero-order chi connectivity index (χ0) is 12.1. The van der Waals surface area contributed by atoms with Gasteiger partial charge >= 0.3 is 5.97 Å². The molecule has 0 bridgehead atoms. The predicted molar refractivity (Wildman–Crippen MR) is 53.0 cm³/mol. The maximum absolute atomic E-state index is 11.7. The average molecular weight is 224 g/mol. The van der Waals surface area contributed by atoms with Crippen molar-refractivity contribution in [3.8, 4) is 0 Å². The Morgan fingerprint density at radius 3 is 2.50 bits per heavy atom. The van der Waals surface area contributed by atoms with Gasteiger partial charge in [0.1, 0.15) is 23.4 Å².